The number of allylic oxidation sites excluding steroid dienone is 4. The van der Waals surface area contributed by atoms with Gasteiger partial charge in [-0.25, -0.2) is 0 Å². The minimum atomic E-state index is -2.31. The summed E-state index contributed by atoms with van der Waals surface area (Å²) in [4.78, 5) is 0. The number of benzene rings is 2. The zero-order valence-corrected chi connectivity index (χ0v) is 31.1. The van der Waals surface area contributed by atoms with Gasteiger partial charge in [0.25, 0.3) is 0 Å². The minimum absolute atomic E-state index is 1.08. The van der Waals surface area contributed by atoms with Gasteiger partial charge in [0, 0.05) is 12.8 Å². The van der Waals surface area contributed by atoms with Crippen LogP contribution < -0.4 is 10.4 Å². The smallest absolute Gasteiger partial charge is 0.315 e. The first-order valence-corrected chi connectivity index (χ1v) is 27.7. The molecule has 0 N–H and O–H groups in total. The van der Waals surface area contributed by atoms with Crippen LogP contribution in [0.1, 0.15) is 38.5 Å². The molecule has 0 atom stereocenters. The van der Waals surface area contributed by atoms with E-state index in [9.17, 15) is 0 Å². The number of rotatable bonds is 16. The molecule has 4 nitrogen and oxygen atoms in total. The second-order valence-electron chi connectivity index (χ2n) is 13.0. The van der Waals surface area contributed by atoms with Crippen LogP contribution in [0.5, 0.6) is 0 Å². The predicted octanol–water partition coefficient (Wildman–Crippen LogP) is 8.10. The standard InChI is InChI=1S/C32H50O4Si5/c1-39(2,27-25-37(31-21-9-7-10-22-31)33-29-17-13-14-18-29)35-41(5,6)36-40(3,4)28-26-38(32-23-11-8-12-24-32)34-30-19-15-16-20-30/h7-12,17,19,21-24H,13-16,18,20,25-28H2,1-6H3. The molecule has 0 saturated heterocycles. The van der Waals surface area contributed by atoms with Crippen LogP contribution in [0.4, 0.5) is 0 Å². The lowest BCUT2D eigenvalue weighted by atomic mass is 10.4. The summed E-state index contributed by atoms with van der Waals surface area (Å²) >= 11 is 0. The predicted molar refractivity (Wildman–Crippen MR) is 184 cm³/mol. The van der Waals surface area contributed by atoms with Gasteiger partial charge in [-0.05, 0) is 112 Å². The molecule has 0 heterocycles. The van der Waals surface area contributed by atoms with E-state index < -0.39 is 43.3 Å². The summed E-state index contributed by atoms with van der Waals surface area (Å²) in [6.45, 7) is 14.0. The fourth-order valence-corrected chi connectivity index (χ4v) is 27.6. The third kappa shape index (κ3) is 10.9. The van der Waals surface area contributed by atoms with E-state index in [0.29, 0.717) is 0 Å². The summed E-state index contributed by atoms with van der Waals surface area (Å²) < 4.78 is 27.3. The lowest BCUT2D eigenvalue weighted by Crippen LogP contribution is -2.53. The van der Waals surface area contributed by atoms with E-state index in [1.54, 1.807) is 0 Å². The highest BCUT2D eigenvalue weighted by Gasteiger charge is 2.41. The molecule has 4 rings (SSSR count). The molecule has 0 spiro atoms. The van der Waals surface area contributed by atoms with Crippen LogP contribution in [0, 0.1) is 0 Å². The highest BCUT2D eigenvalue weighted by molar-refractivity contribution is 6.88. The Morgan fingerprint density at radius 3 is 1.32 bits per heavy atom. The SMILES string of the molecule is C[Si](C)(CC[Si](OC1=CCCC1)c1ccccc1)O[Si](C)(C)O[Si](C)(C)CC[Si](OC1=CCCC1)c1ccccc1. The van der Waals surface area contributed by atoms with Gasteiger partial charge in [0.15, 0.2) is 16.6 Å². The summed E-state index contributed by atoms with van der Waals surface area (Å²) in [6, 6.07) is 26.1. The van der Waals surface area contributed by atoms with Crippen molar-refractivity contribution in [2.24, 2.45) is 0 Å². The van der Waals surface area contributed by atoms with Crippen LogP contribution in [0.2, 0.25) is 63.5 Å². The molecule has 0 aromatic heterocycles. The Morgan fingerprint density at radius 1 is 0.585 bits per heavy atom. The van der Waals surface area contributed by atoms with Gasteiger partial charge in [0.2, 0.25) is 0 Å². The van der Waals surface area contributed by atoms with Crippen LogP contribution in [0.25, 0.3) is 0 Å². The molecule has 0 amide bonds. The Labute approximate surface area is 256 Å². The second-order valence-corrected chi connectivity index (χ2v) is 29.8. The Hall–Kier alpha value is -1.48. The highest BCUT2D eigenvalue weighted by atomic mass is 28.5. The summed E-state index contributed by atoms with van der Waals surface area (Å²) in [5, 5.41) is 2.73. The van der Waals surface area contributed by atoms with Gasteiger partial charge in [-0.15, -0.1) is 0 Å². The van der Waals surface area contributed by atoms with Crippen molar-refractivity contribution in [2.75, 3.05) is 0 Å². The summed E-state index contributed by atoms with van der Waals surface area (Å²) in [5.74, 6) is 2.41. The van der Waals surface area contributed by atoms with Gasteiger partial charge in [0.1, 0.15) is 0 Å². The van der Waals surface area contributed by atoms with Crippen LogP contribution >= 0.6 is 0 Å². The van der Waals surface area contributed by atoms with Crippen molar-refractivity contribution in [2.45, 2.75) is 102 Å². The maximum absolute atomic E-state index is 7.02. The first kappa shape index (κ1) is 32.4. The Kier molecular flexibility index (Phi) is 11.7. The average Bonchev–Trinajstić information content (AvgIpc) is 3.63. The highest BCUT2D eigenvalue weighted by Crippen LogP contribution is 2.29. The third-order valence-electron chi connectivity index (χ3n) is 7.65. The first-order valence-electron chi connectivity index (χ1n) is 15.5. The van der Waals surface area contributed by atoms with Crippen LogP contribution in [0.3, 0.4) is 0 Å². The van der Waals surface area contributed by atoms with Crippen molar-refractivity contribution in [1.82, 2.24) is 0 Å². The van der Waals surface area contributed by atoms with Gasteiger partial charge in [-0.2, -0.15) is 0 Å². The lowest BCUT2D eigenvalue weighted by Gasteiger charge is -2.39. The average molecular weight is 639 g/mol. The molecule has 0 fully saturated rings. The topological polar surface area (TPSA) is 36.9 Å². The van der Waals surface area contributed by atoms with E-state index >= 15 is 0 Å². The molecule has 2 aromatic rings. The second kappa shape index (κ2) is 14.8. The van der Waals surface area contributed by atoms with Gasteiger partial charge in [0.05, 0.1) is 11.5 Å². The maximum atomic E-state index is 7.02. The Morgan fingerprint density at radius 2 is 0.976 bits per heavy atom. The molecular weight excluding hydrogens is 589 g/mol. The zero-order valence-electron chi connectivity index (χ0n) is 26.1. The van der Waals surface area contributed by atoms with Crippen LogP contribution in [-0.2, 0) is 17.1 Å². The molecule has 0 saturated carbocycles. The largest absolute Gasteiger partial charge is 0.541 e. The molecule has 2 radical (unpaired) electrons. The van der Waals surface area contributed by atoms with Crippen molar-refractivity contribution in [3.8, 4) is 0 Å². The number of hydrogen-bond acceptors (Lipinski definition) is 4. The number of hydrogen-bond donors (Lipinski definition) is 0. The van der Waals surface area contributed by atoms with Crippen molar-refractivity contribution in [3.05, 3.63) is 84.3 Å². The molecule has 0 aliphatic heterocycles. The Balaban J connectivity index is 1.33. The van der Waals surface area contributed by atoms with E-state index in [0.717, 1.165) is 49.9 Å². The van der Waals surface area contributed by atoms with Gasteiger partial charge >= 0.3 is 26.6 Å². The van der Waals surface area contributed by atoms with Crippen molar-refractivity contribution in [1.29, 1.82) is 0 Å². The Bertz CT molecular complexity index is 1060. The fourth-order valence-electron chi connectivity index (χ4n) is 5.82. The van der Waals surface area contributed by atoms with Gasteiger partial charge in [-0.1, -0.05) is 60.7 Å². The summed E-state index contributed by atoms with van der Waals surface area (Å²) in [7, 11) is -8.47. The van der Waals surface area contributed by atoms with E-state index in [2.05, 4.69) is 112 Å². The van der Waals surface area contributed by atoms with E-state index in [1.165, 1.54) is 34.7 Å². The third-order valence-corrected chi connectivity index (χ3v) is 24.3. The zero-order chi connectivity index (χ0) is 29.3. The minimum Gasteiger partial charge on any atom is -0.541 e. The molecule has 2 aliphatic carbocycles. The first-order chi connectivity index (χ1) is 19.5. The molecule has 2 aromatic carbocycles. The van der Waals surface area contributed by atoms with Crippen molar-refractivity contribution < 1.29 is 17.1 Å². The van der Waals surface area contributed by atoms with Crippen LogP contribution in [0.15, 0.2) is 84.3 Å². The van der Waals surface area contributed by atoms with Gasteiger partial charge < -0.3 is 17.1 Å². The molecule has 41 heavy (non-hydrogen) atoms. The molecule has 2 aliphatic rings. The fraction of sp³-hybridized carbons (Fsp3) is 0.500. The summed E-state index contributed by atoms with van der Waals surface area (Å²) in [5.41, 5.74) is 0. The van der Waals surface area contributed by atoms with Gasteiger partial charge in [-0.3, -0.25) is 0 Å². The molecular formula is C32H50O4Si5. The summed E-state index contributed by atoms with van der Waals surface area (Å²) in [6.07, 6.45) is 11.5. The monoisotopic (exact) mass is 638 g/mol. The molecule has 9 heteroatoms. The quantitative estimate of drug-likeness (QED) is 0.174. The molecule has 222 valence electrons. The maximum Gasteiger partial charge on any atom is 0.315 e. The van der Waals surface area contributed by atoms with E-state index in [-0.39, 0.29) is 0 Å². The molecule has 0 bridgehead atoms. The van der Waals surface area contributed by atoms with E-state index in [4.69, 9.17) is 17.1 Å². The van der Waals surface area contributed by atoms with Crippen molar-refractivity contribution >= 4 is 53.6 Å². The van der Waals surface area contributed by atoms with Crippen molar-refractivity contribution in [3.63, 3.8) is 0 Å². The lowest BCUT2D eigenvalue weighted by molar-refractivity contribution is 0.386. The van der Waals surface area contributed by atoms with E-state index in [1.807, 2.05) is 0 Å². The van der Waals surface area contributed by atoms with Crippen LogP contribution in [-0.4, -0.2) is 43.3 Å². The molecule has 0 unspecified atom stereocenters. The normalized spacial score (nSPS) is 16.3.